The summed E-state index contributed by atoms with van der Waals surface area (Å²) in [6, 6.07) is 7.40. The minimum Gasteiger partial charge on any atom is -0.494 e. The molecule has 0 aliphatic carbocycles. The van der Waals surface area contributed by atoms with Crippen LogP contribution < -0.4 is 14.8 Å². The highest BCUT2D eigenvalue weighted by Crippen LogP contribution is 2.17. The maximum atomic E-state index is 11.9. The number of rotatable bonds is 11. The fourth-order valence-electron chi connectivity index (χ4n) is 2.10. The lowest BCUT2D eigenvalue weighted by atomic mass is 10.2. The SMILES string of the molecule is CCOc1ccc(OCCNC(=O)CSc2nnnn2CC(C)C)cc1. The number of carbonyl (C=O) groups excluding carboxylic acids is 1. The second-order valence-electron chi connectivity index (χ2n) is 5.93. The van der Waals surface area contributed by atoms with Crippen molar-refractivity contribution in [3.8, 4) is 11.5 Å². The Morgan fingerprint density at radius 2 is 1.92 bits per heavy atom. The summed E-state index contributed by atoms with van der Waals surface area (Å²) in [5.41, 5.74) is 0. The molecule has 2 rings (SSSR count). The van der Waals surface area contributed by atoms with Gasteiger partial charge in [0.15, 0.2) is 0 Å². The average Bonchev–Trinajstić information content (AvgIpc) is 3.05. The summed E-state index contributed by atoms with van der Waals surface area (Å²) in [4.78, 5) is 11.9. The van der Waals surface area contributed by atoms with Crippen LogP contribution >= 0.6 is 11.8 Å². The summed E-state index contributed by atoms with van der Waals surface area (Å²) in [5, 5.41) is 15.0. The van der Waals surface area contributed by atoms with Crippen LogP contribution in [0.1, 0.15) is 20.8 Å². The lowest BCUT2D eigenvalue weighted by Crippen LogP contribution is -2.29. The average molecular weight is 379 g/mol. The number of aromatic nitrogens is 4. The number of hydrogen-bond acceptors (Lipinski definition) is 7. The molecule has 0 saturated carbocycles. The topological polar surface area (TPSA) is 91.2 Å². The number of nitrogens with one attached hydrogen (secondary N) is 1. The minimum absolute atomic E-state index is 0.0793. The van der Waals surface area contributed by atoms with Crippen LogP contribution in [0.4, 0.5) is 0 Å². The van der Waals surface area contributed by atoms with Gasteiger partial charge in [0.25, 0.3) is 0 Å². The Morgan fingerprint density at radius 3 is 2.58 bits per heavy atom. The van der Waals surface area contributed by atoms with Gasteiger partial charge in [-0.25, -0.2) is 4.68 Å². The van der Waals surface area contributed by atoms with Gasteiger partial charge in [0.05, 0.1) is 18.9 Å². The first-order chi connectivity index (χ1) is 12.6. The minimum atomic E-state index is -0.0793. The van der Waals surface area contributed by atoms with Crippen LogP contribution in [0.25, 0.3) is 0 Å². The second kappa shape index (κ2) is 10.6. The molecule has 0 spiro atoms. The zero-order valence-corrected chi connectivity index (χ0v) is 16.2. The van der Waals surface area contributed by atoms with Gasteiger partial charge in [-0.2, -0.15) is 0 Å². The highest BCUT2D eigenvalue weighted by molar-refractivity contribution is 7.99. The molecule has 2 aromatic rings. The molecule has 142 valence electrons. The number of nitrogens with zero attached hydrogens (tertiary/aromatic N) is 4. The van der Waals surface area contributed by atoms with Gasteiger partial charge in [-0.1, -0.05) is 25.6 Å². The predicted octanol–water partition coefficient (Wildman–Crippen LogP) is 2.02. The number of tetrazole rings is 1. The molecule has 1 aromatic carbocycles. The van der Waals surface area contributed by atoms with E-state index in [0.717, 1.165) is 18.0 Å². The van der Waals surface area contributed by atoms with Crippen LogP contribution in [-0.4, -0.2) is 51.6 Å². The number of amides is 1. The molecule has 8 nitrogen and oxygen atoms in total. The third-order valence-electron chi connectivity index (χ3n) is 3.20. The van der Waals surface area contributed by atoms with Crippen molar-refractivity contribution in [1.82, 2.24) is 25.5 Å². The molecule has 0 atom stereocenters. The first-order valence-corrected chi connectivity index (χ1v) is 9.58. The lowest BCUT2D eigenvalue weighted by molar-refractivity contribution is -0.118. The monoisotopic (exact) mass is 379 g/mol. The summed E-state index contributed by atoms with van der Waals surface area (Å²) >= 11 is 1.32. The Labute approximate surface area is 157 Å². The Kier molecular flexibility index (Phi) is 8.20. The molecule has 0 aliphatic heterocycles. The van der Waals surface area contributed by atoms with E-state index in [2.05, 4.69) is 34.7 Å². The smallest absolute Gasteiger partial charge is 0.230 e. The highest BCUT2D eigenvalue weighted by Gasteiger charge is 2.10. The van der Waals surface area contributed by atoms with Crippen molar-refractivity contribution < 1.29 is 14.3 Å². The molecule has 0 saturated heterocycles. The number of ether oxygens (including phenoxy) is 2. The van der Waals surface area contributed by atoms with E-state index in [9.17, 15) is 4.79 Å². The fourth-order valence-corrected chi connectivity index (χ4v) is 2.82. The van der Waals surface area contributed by atoms with Gasteiger partial charge in [-0.3, -0.25) is 4.79 Å². The number of hydrogen-bond donors (Lipinski definition) is 1. The zero-order chi connectivity index (χ0) is 18.8. The van der Waals surface area contributed by atoms with Crippen molar-refractivity contribution in [1.29, 1.82) is 0 Å². The largest absolute Gasteiger partial charge is 0.494 e. The van der Waals surface area contributed by atoms with Crippen LogP contribution in [0.15, 0.2) is 29.4 Å². The van der Waals surface area contributed by atoms with Crippen LogP contribution in [0.3, 0.4) is 0 Å². The quantitative estimate of drug-likeness (QED) is 0.472. The Balaban J connectivity index is 1.64. The van der Waals surface area contributed by atoms with Crippen molar-refractivity contribution >= 4 is 17.7 Å². The van der Waals surface area contributed by atoms with E-state index in [1.54, 1.807) is 4.68 Å². The van der Waals surface area contributed by atoms with Gasteiger partial charge >= 0.3 is 0 Å². The van der Waals surface area contributed by atoms with Gasteiger partial charge in [0.2, 0.25) is 11.1 Å². The number of thioether (sulfide) groups is 1. The van der Waals surface area contributed by atoms with Crippen molar-refractivity contribution in [2.24, 2.45) is 5.92 Å². The third kappa shape index (κ3) is 6.91. The molecule has 1 aromatic heterocycles. The molecule has 9 heteroatoms. The van der Waals surface area contributed by atoms with Gasteiger partial charge in [0, 0.05) is 6.54 Å². The van der Waals surface area contributed by atoms with Crippen molar-refractivity contribution in [3.05, 3.63) is 24.3 Å². The molecule has 0 aliphatic rings. The van der Waals surface area contributed by atoms with E-state index < -0.39 is 0 Å². The van der Waals surface area contributed by atoms with Gasteiger partial charge in [0.1, 0.15) is 18.1 Å². The van der Waals surface area contributed by atoms with E-state index in [1.165, 1.54) is 11.8 Å². The van der Waals surface area contributed by atoms with Gasteiger partial charge < -0.3 is 14.8 Å². The second-order valence-corrected chi connectivity index (χ2v) is 6.87. The summed E-state index contributed by atoms with van der Waals surface area (Å²) in [5.74, 6) is 2.17. The molecule has 26 heavy (non-hydrogen) atoms. The van der Waals surface area contributed by atoms with Crippen molar-refractivity contribution in [3.63, 3.8) is 0 Å². The normalized spacial score (nSPS) is 10.8. The van der Waals surface area contributed by atoms with E-state index in [-0.39, 0.29) is 11.7 Å². The Morgan fingerprint density at radius 1 is 1.23 bits per heavy atom. The number of benzene rings is 1. The Hall–Kier alpha value is -2.29. The maximum absolute atomic E-state index is 11.9. The van der Waals surface area contributed by atoms with Gasteiger partial charge in [-0.15, -0.1) is 5.10 Å². The fraction of sp³-hybridized carbons (Fsp3) is 0.529. The Bertz CT molecular complexity index is 675. The first-order valence-electron chi connectivity index (χ1n) is 8.59. The van der Waals surface area contributed by atoms with Gasteiger partial charge in [-0.05, 0) is 47.5 Å². The van der Waals surface area contributed by atoms with E-state index in [4.69, 9.17) is 9.47 Å². The summed E-state index contributed by atoms with van der Waals surface area (Å²) in [7, 11) is 0. The van der Waals surface area contributed by atoms with Crippen LogP contribution in [0.5, 0.6) is 11.5 Å². The molecule has 1 amide bonds. The van der Waals surface area contributed by atoms with Crippen molar-refractivity contribution in [2.75, 3.05) is 25.5 Å². The molecule has 0 fully saturated rings. The molecule has 0 radical (unpaired) electrons. The van der Waals surface area contributed by atoms with Crippen LogP contribution in [-0.2, 0) is 11.3 Å². The lowest BCUT2D eigenvalue weighted by Gasteiger charge is -2.09. The molecular formula is C17H25N5O3S. The van der Waals surface area contributed by atoms with E-state index >= 15 is 0 Å². The van der Waals surface area contributed by atoms with Crippen LogP contribution in [0.2, 0.25) is 0 Å². The summed E-state index contributed by atoms with van der Waals surface area (Å²) in [6.45, 7) is 8.32. The zero-order valence-electron chi connectivity index (χ0n) is 15.3. The first kappa shape index (κ1) is 20.0. The standard InChI is InChI=1S/C17H25N5O3S/c1-4-24-14-5-7-15(8-6-14)25-10-9-18-16(23)12-26-17-19-20-21-22(17)11-13(2)3/h5-8,13H,4,9-12H2,1-3H3,(H,18,23). The summed E-state index contributed by atoms with van der Waals surface area (Å²) in [6.07, 6.45) is 0. The molecule has 1 heterocycles. The summed E-state index contributed by atoms with van der Waals surface area (Å²) < 4.78 is 12.7. The molecule has 0 bridgehead atoms. The third-order valence-corrected chi connectivity index (χ3v) is 4.15. The molecule has 0 unspecified atom stereocenters. The highest BCUT2D eigenvalue weighted by atomic mass is 32.2. The van der Waals surface area contributed by atoms with Crippen molar-refractivity contribution in [2.45, 2.75) is 32.5 Å². The predicted molar refractivity (Wildman–Crippen MR) is 99.5 cm³/mol. The molecule has 1 N–H and O–H groups in total. The maximum Gasteiger partial charge on any atom is 0.230 e. The van der Waals surface area contributed by atoms with Crippen LogP contribution in [0, 0.1) is 5.92 Å². The van der Waals surface area contributed by atoms with E-state index in [0.29, 0.717) is 30.8 Å². The van der Waals surface area contributed by atoms with E-state index in [1.807, 2.05) is 31.2 Å². The number of carbonyl (C=O) groups is 1. The molecular weight excluding hydrogens is 354 g/mol.